The zero-order valence-electron chi connectivity index (χ0n) is 14.3. The molecule has 4 aromatic rings. The summed E-state index contributed by atoms with van der Waals surface area (Å²) in [5.41, 5.74) is 5.56. The molecular formula is C18H18IN5O2. The number of aliphatic hydroxyl groups excluding tert-OH is 1. The van der Waals surface area contributed by atoms with Gasteiger partial charge in [-0.25, -0.2) is 9.97 Å². The summed E-state index contributed by atoms with van der Waals surface area (Å²) in [7, 11) is 3.82. The first kappa shape index (κ1) is 17.3. The van der Waals surface area contributed by atoms with E-state index in [0.717, 1.165) is 44.7 Å². The van der Waals surface area contributed by atoms with Crippen LogP contribution in [0, 0.1) is 0 Å². The monoisotopic (exact) mass is 463 g/mol. The highest BCUT2D eigenvalue weighted by atomic mass is 127. The summed E-state index contributed by atoms with van der Waals surface area (Å²) >= 11 is 1.82. The highest BCUT2D eigenvalue weighted by molar-refractivity contribution is 14.1. The van der Waals surface area contributed by atoms with Crippen molar-refractivity contribution in [2.75, 3.05) is 19.0 Å². The van der Waals surface area contributed by atoms with E-state index < -0.39 is 0 Å². The van der Waals surface area contributed by atoms with Gasteiger partial charge >= 0.3 is 0 Å². The first-order valence-corrected chi connectivity index (χ1v) is 9.04. The van der Waals surface area contributed by atoms with Gasteiger partial charge in [0.2, 0.25) is 0 Å². The topological polar surface area (TPSA) is 88.0 Å². The van der Waals surface area contributed by atoms with Gasteiger partial charge < -0.3 is 23.0 Å². The summed E-state index contributed by atoms with van der Waals surface area (Å²) < 4.78 is 7.31. The number of rotatable bonds is 5. The predicted molar refractivity (Wildman–Crippen MR) is 110 cm³/mol. The molecule has 134 valence electrons. The van der Waals surface area contributed by atoms with Gasteiger partial charge in [-0.2, -0.15) is 0 Å². The van der Waals surface area contributed by atoms with Crippen molar-refractivity contribution in [2.24, 2.45) is 7.05 Å². The van der Waals surface area contributed by atoms with E-state index in [1.54, 1.807) is 6.33 Å². The molecule has 8 heteroatoms. The smallest absolute Gasteiger partial charge is 0.156 e. The molecule has 3 aromatic heterocycles. The highest BCUT2D eigenvalue weighted by Gasteiger charge is 2.16. The van der Waals surface area contributed by atoms with Gasteiger partial charge in [-0.3, -0.25) is 0 Å². The van der Waals surface area contributed by atoms with E-state index >= 15 is 0 Å². The number of hydrogen-bond donors (Lipinski definition) is 3. The van der Waals surface area contributed by atoms with E-state index in [-0.39, 0.29) is 12.7 Å². The molecule has 1 atom stereocenters. The van der Waals surface area contributed by atoms with E-state index in [2.05, 4.69) is 26.3 Å². The molecule has 0 radical (unpaired) electrons. The number of aryl methyl sites for hydroxylation is 1. The lowest BCUT2D eigenvalue weighted by molar-refractivity contribution is 0.157. The number of imidazole rings is 1. The maximum Gasteiger partial charge on any atom is 0.156 e. The molecule has 0 aliphatic rings. The maximum absolute atomic E-state index is 9.47. The average molecular weight is 463 g/mol. The van der Waals surface area contributed by atoms with E-state index in [9.17, 15) is 5.11 Å². The third-order valence-electron chi connectivity index (χ3n) is 4.52. The number of fused-ring (bicyclic) bond motifs is 3. The first-order valence-electron chi connectivity index (χ1n) is 8.16. The minimum absolute atomic E-state index is 0.0676. The van der Waals surface area contributed by atoms with E-state index in [0.29, 0.717) is 0 Å². The van der Waals surface area contributed by atoms with Gasteiger partial charge in [0.1, 0.15) is 40.3 Å². The number of pyridine rings is 1. The van der Waals surface area contributed by atoms with Crippen LogP contribution in [0.2, 0.25) is 0 Å². The number of aromatic amines is 1. The number of aromatic nitrogens is 4. The van der Waals surface area contributed by atoms with E-state index in [1.165, 1.54) is 0 Å². The Bertz CT molecular complexity index is 1080. The zero-order valence-corrected chi connectivity index (χ0v) is 16.5. The Morgan fingerprint density at radius 3 is 2.96 bits per heavy atom. The van der Waals surface area contributed by atoms with Crippen molar-refractivity contribution < 1.29 is 8.17 Å². The molecule has 1 unspecified atom stereocenters. The Hall–Kier alpha value is -2.17. The third-order valence-corrected chi connectivity index (χ3v) is 5.13. The maximum atomic E-state index is 9.47. The molecule has 0 saturated carbocycles. The molecule has 26 heavy (non-hydrogen) atoms. The minimum Gasteiger partial charge on any atom is -0.393 e. The minimum atomic E-state index is -0.349. The fraction of sp³-hybridized carbons (Fsp3) is 0.222. The molecule has 3 N–H and O–H groups in total. The van der Waals surface area contributed by atoms with Crippen molar-refractivity contribution in [3.8, 4) is 11.3 Å². The van der Waals surface area contributed by atoms with Gasteiger partial charge in [-0.15, -0.1) is 0 Å². The largest absolute Gasteiger partial charge is 0.393 e. The molecule has 1 aromatic carbocycles. The fourth-order valence-electron chi connectivity index (χ4n) is 3.22. The van der Waals surface area contributed by atoms with Crippen LogP contribution in [-0.2, 0) is 10.1 Å². The van der Waals surface area contributed by atoms with E-state index in [1.807, 2.05) is 65.9 Å². The van der Waals surface area contributed by atoms with Crippen molar-refractivity contribution in [1.29, 1.82) is 0 Å². The second-order valence-corrected chi connectivity index (χ2v) is 6.60. The second-order valence-electron chi connectivity index (χ2n) is 6.09. The molecule has 0 bridgehead atoms. The highest BCUT2D eigenvalue weighted by Crippen LogP contribution is 2.32. The summed E-state index contributed by atoms with van der Waals surface area (Å²) in [6, 6.07) is 10.0. The number of aliphatic hydroxyl groups is 1. The molecule has 0 aliphatic carbocycles. The number of benzene rings is 1. The van der Waals surface area contributed by atoms with Crippen LogP contribution in [-0.4, -0.2) is 38.3 Å². The molecule has 4 rings (SSSR count). The summed E-state index contributed by atoms with van der Waals surface area (Å²) in [5, 5.41) is 13.6. The fourth-order valence-corrected chi connectivity index (χ4v) is 3.67. The van der Waals surface area contributed by atoms with Crippen LogP contribution in [0.3, 0.4) is 0 Å². The van der Waals surface area contributed by atoms with Gasteiger partial charge in [-0.1, -0.05) is 18.2 Å². The lowest BCUT2D eigenvalue weighted by Crippen LogP contribution is -2.03. The van der Waals surface area contributed by atoms with Crippen molar-refractivity contribution in [1.82, 2.24) is 19.5 Å². The number of nitrogens with zero attached hydrogens (tertiary/aromatic N) is 3. The number of halogens is 1. The number of hydrogen-bond acceptors (Lipinski definition) is 5. The van der Waals surface area contributed by atoms with Gasteiger partial charge in [-0.05, 0) is 23.3 Å². The van der Waals surface area contributed by atoms with Crippen LogP contribution >= 0.6 is 23.0 Å². The van der Waals surface area contributed by atoms with Gasteiger partial charge in [0, 0.05) is 25.2 Å². The Balaban J connectivity index is 1.90. The van der Waals surface area contributed by atoms with Crippen molar-refractivity contribution in [3.05, 3.63) is 42.2 Å². The Labute approximate surface area is 164 Å². The van der Waals surface area contributed by atoms with Gasteiger partial charge in [0.05, 0.1) is 18.5 Å². The van der Waals surface area contributed by atoms with Gasteiger partial charge in [0.15, 0.2) is 5.82 Å². The lowest BCUT2D eigenvalue weighted by atomic mass is 10.0. The normalized spacial score (nSPS) is 12.8. The third kappa shape index (κ3) is 2.74. The summed E-state index contributed by atoms with van der Waals surface area (Å²) in [4.78, 5) is 12.5. The van der Waals surface area contributed by atoms with Crippen molar-refractivity contribution in [2.45, 2.75) is 6.10 Å². The molecule has 0 fully saturated rings. The van der Waals surface area contributed by atoms with Gasteiger partial charge in [0.25, 0.3) is 0 Å². The molecule has 0 saturated heterocycles. The van der Waals surface area contributed by atoms with Crippen molar-refractivity contribution >= 4 is 50.9 Å². The molecule has 0 amide bonds. The molecule has 0 spiro atoms. The molecule has 0 aliphatic heterocycles. The second kappa shape index (κ2) is 6.86. The first-order chi connectivity index (χ1) is 12.7. The predicted octanol–water partition coefficient (Wildman–Crippen LogP) is 3.56. The average Bonchev–Trinajstić information content (AvgIpc) is 3.26. The van der Waals surface area contributed by atoms with Crippen LogP contribution < -0.4 is 5.32 Å². The number of nitrogens with one attached hydrogen (secondary N) is 2. The summed E-state index contributed by atoms with van der Waals surface area (Å²) in [5.74, 6) is 0.744. The standard InChI is InChI=1S/C18H18IN5O2/c1-20-18-15-16(24(2)9-21-15)12-7-13(22-17(12)23-18)10-4-3-5-11(6-10)14(8-25)26-19/h3-7,9,14,25H,8H2,1-2H3,(H2,20,22,23). The van der Waals surface area contributed by atoms with Crippen molar-refractivity contribution in [3.63, 3.8) is 0 Å². The zero-order chi connectivity index (χ0) is 18.3. The Morgan fingerprint density at radius 2 is 2.23 bits per heavy atom. The quantitative estimate of drug-likeness (QED) is 0.394. The number of anilines is 1. The molecular weight excluding hydrogens is 445 g/mol. The Kier molecular flexibility index (Phi) is 4.55. The van der Waals surface area contributed by atoms with Crippen LogP contribution in [0.5, 0.6) is 0 Å². The number of H-pyrrole nitrogens is 1. The molecule has 7 nitrogen and oxygen atoms in total. The van der Waals surface area contributed by atoms with Crippen LogP contribution in [0.4, 0.5) is 5.82 Å². The Morgan fingerprint density at radius 1 is 1.38 bits per heavy atom. The van der Waals surface area contributed by atoms with E-state index in [4.69, 9.17) is 3.07 Å². The SMILES string of the molecule is CNc1nc2[nH]c(-c3cccc(C(CO)OI)c3)cc2c2c1ncn2C. The van der Waals surface area contributed by atoms with Crippen LogP contribution in [0.1, 0.15) is 11.7 Å². The molecule has 3 heterocycles. The van der Waals surface area contributed by atoms with Crippen LogP contribution in [0.15, 0.2) is 36.7 Å². The lowest BCUT2D eigenvalue weighted by Gasteiger charge is -2.11. The summed E-state index contributed by atoms with van der Waals surface area (Å²) in [6.07, 6.45) is 1.45. The summed E-state index contributed by atoms with van der Waals surface area (Å²) in [6.45, 7) is -0.0676. The van der Waals surface area contributed by atoms with Crippen LogP contribution in [0.25, 0.3) is 33.3 Å².